The van der Waals surface area contributed by atoms with Crippen LogP contribution in [0.5, 0.6) is 0 Å². The monoisotopic (exact) mass is 239 g/mol. The van der Waals surface area contributed by atoms with E-state index in [0.717, 1.165) is 12.1 Å². The molecule has 16 heavy (non-hydrogen) atoms. The van der Waals surface area contributed by atoms with Gasteiger partial charge in [0.25, 0.3) is 0 Å². The first-order valence-corrected chi connectivity index (χ1v) is 5.28. The maximum absolute atomic E-state index is 13.0. The average Bonchev–Trinajstić information content (AvgIpc) is 2.64. The number of hydrogen-bond acceptors (Lipinski definition) is 2. The highest BCUT2D eigenvalue weighted by Gasteiger charge is 2.10. The van der Waals surface area contributed by atoms with E-state index in [1.54, 1.807) is 16.9 Å². The fourth-order valence-electron chi connectivity index (χ4n) is 1.47. The Balaban J connectivity index is 2.49. The summed E-state index contributed by atoms with van der Waals surface area (Å²) in [5.74, 6) is -0.445. The van der Waals surface area contributed by atoms with Gasteiger partial charge in [0, 0.05) is 18.3 Å². The van der Waals surface area contributed by atoms with Crippen molar-refractivity contribution in [2.24, 2.45) is 0 Å². The second-order valence-corrected chi connectivity index (χ2v) is 3.82. The molecule has 0 aliphatic carbocycles. The normalized spacial score (nSPS) is 10.7. The van der Waals surface area contributed by atoms with E-state index in [1.807, 2.05) is 6.92 Å². The Morgan fingerprint density at radius 2 is 2.25 bits per heavy atom. The lowest BCUT2D eigenvalue weighted by molar-refractivity contribution is 0.628. The van der Waals surface area contributed by atoms with E-state index in [0.29, 0.717) is 11.4 Å². The van der Waals surface area contributed by atoms with E-state index in [-0.39, 0.29) is 5.02 Å². The molecule has 2 N–H and O–H groups in total. The van der Waals surface area contributed by atoms with Crippen LogP contribution in [0.4, 0.5) is 10.1 Å². The van der Waals surface area contributed by atoms with Crippen LogP contribution in [0.1, 0.15) is 6.92 Å². The Morgan fingerprint density at radius 1 is 1.50 bits per heavy atom. The van der Waals surface area contributed by atoms with Gasteiger partial charge in [-0.05, 0) is 25.1 Å². The first kappa shape index (κ1) is 11.0. The first-order chi connectivity index (χ1) is 7.61. The molecule has 1 heterocycles. The lowest BCUT2D eigenvalue weighted by atomic mass is 10.1. The third-order valence-corrected chi connectivity index (χ3v) is 2.60. The Morgan fingerprint density at radius 3 is 2.81 bits per heavy atom. The van der Waals surface area contributed by atoms with Crippen molar-refractivity contribution in [1.82, 2.24) is 9.78 Å². The van der Waals surface area contributed by atoms with E-state index in [9.17, 15) is 4.39 Å². The zero-order chi connectivity index (χ0) is 11.7. The van der Waals surface area contributed by atoms with E-state index < -0.39 is 5.82 Å². The fourth-order valence-corrected chi connectivity index (χ4v) is 1.65. The molecule has 0 bridgehead atoms. The van der Waals surface area contributed by atoms with Gasteiger partial charge >= 0.3 is 0 Å². The molecule has 1 aromatic heterocycles. The molecule has 1 aromatic carbocycles. The standard InChI is InChI=1S/C11H11ClFN3/c1-2-16-6-10(14)11(15-16)7-3-4-9(13)8(12)5-7/h3-6H,2,14H2,1H3. The molecular weight excluding hydrogens is 229 g/mol. The number of aryl methyl sites for hydroxylation is 1. The average molecular weight is 240 g/mol. The molecule has 0 atom stereocenters. The molecule has 0 saturated heterocycles. The van der Waals surface area contributed by atoms with Gasteiger partial charge in [0.1, 0.15) is 11.5 Å². The van der Waals surface area contributed by atoms with Crippen LogP contribution < -0.4 is 5.73 Å². The topological polar surface area (TPSA) is 43.8 Å². The number of benzene rings is 1. The summed E-state index contributed by atoms with van der Waals surface area (Å²) in [5.41, 5.74) is 7.72. The summed E-state index contributed by atoms with van der Waals surface area (Å²) in [4.78, 5) is 0. The van der Waals surface area contributed by atoms with E-state index >= 15 is 0 Å². The number of rotatable bonds is 2. The van der Waals surface area contributed by atoms with Crippen LogP contribution in [0.3, 0.4) is 0 Å². The molecule has 0 spiro atoms. The third kappa shape index (κ3) is 1.88. The number of hydrogen-bond donors (Lipinski definition) is 1. The van der Waals surface area contributed by atoms with Gasteiger partial charge in [0.2, 0.25) is 0 Å². The lowest BCUT2D eigenvalue weighted by Gasteiger charge is -2.00. The highest BCUT2D eigenvalue weighted by molar-refractivity contribution is 6.31. The molecule has 0 unspecified atom stereocenters. The van der Waals surface area contributed by atoms with Crippen LogP contribution in [0.25, 0.3) is 11.3 Å². The number of anilines is 1. The molecule has 3 nitrogen and oxygen atoms in total. The van der Waals surface area contributed by atoms with Gasteiger partial charge in [-0.3, -0.25) is 4.68 Å². The van der Waals surface area contributed by atoms with E-state index in [4.69, 9.17) is 17.3 Å². The lowest BCUT2D eigenvalue weighted by Crippen LogP contribution is -1.94. The highest BCUT2D eigenvalue weighted by atomic mass is 35.5. The zero-order valence-corrected chi connectivity index (χ0v) is 9.50. The molecule has 0 radical (unpaired) electrons. The molecule has 2 aromatic rings. The zero-order valence-electron chi connectivity index (χ0n) is 8.74. The van der Waals surface area contributed by atoms with Crippen molar-refractivity contribution in [2.45, 2.75) is 13.5 Å². The Bertz CT molecular complexity index is 522. The second kappa shape index (κ2) is 4.14. The summed E-state index contributed by atoms with van der Waals surface area (Å²) < 4.78 is 14.7. The van der Waals surface area contributed by atoms with Crippen LogP contribution in [0, 0.1) is 5.82 Å². The van der Waals surface area contributed by atoms with Crippen molar-refractivity contribution in [3.8, 4) is 11.3 Å². The van der Waals surface area contributed by atoms with E-state index in [1.165, 1.54) is 12.1 Å². The summed E-state index contributed by atoms with van der Waals surface area (Å²) in [6, 6.07) is 4.44. The van der Waals surface area contributed by atoms with Crippen LogP contribution in [0.15, 0.2) is 24.4 Å². The van der Waals surface area contributed by atoms with Crippen molar-refractivity contribution < 1.29 is 4.39 Å². The maximum atomic E-state index is 13.0. The molecule has 5 heteroatoms. The SMILES string of the molecule is CCn1cc(N)c(-c2ccc(F)c(Cl)c2)n1. The smallest absolute Gasteiger partial charge is 0.141 e. The van der Waals surface area contributed by atoms with Gasteiger partial charge in [-0.1, -0.05) is 11.6 Å². The van der Waals surface area contributed by atoms with Crippen LogP contribution >= 0.6 is 11.6 Å². The van der Waals surface area contributed by atoms with Crippen LogP contribution in [0.2, 0.25) is 5.02 Å². The van der Waals surface area contributed by atoms with Crippen molar-refractivity contribution in [2.75, 3.05) is 5.73 Å². The van der Waals surface area contributed by atoms with Crippen molar-refractivity contribution >= 4 is 17.3 Å². The Hall–Kier alpha value is -1.55. The summed E-state index contributed by atoms with van der Waals surface area (Å²) in [6.07, 6.45) is 1.74. The predicted octanol–water partition coefficient (Wildman–Crippen LogP) is 2.94. The molecule has 0 fully saturated rings. The molecule has 0 saturated carbocycles. The largest absolute Gasteiger partial charge is 0.396 e. The van der Waals surface area contributed by atoms with Crippen molar-refractivity contribution in [1.29, 1.82) is 0 Å². The molecule has 84 valence electrons. The number of nitrogen functional groups attached to an aromatic ring is 1. The minimum atomic E-state index is -0.445. The highest BCUT2D eigenvalue weighted by Crippen LogP contribution is 2.27. The quantitative estimate of drug-likeness (QED) is 0.876. The molecular formula is C11H11ClFN3. The molecule has 0 amide bonds. The van der Waals surface area contributed by atoms with Crippen molar-refractivity contribution in [3.05, 3.63) is 35.2 Å². The second-order valence-electron chi connectivity index (χ2n) is 3.42. The van der Waals surface area contributed by atoms with Gasteiger partial charge in [-0.2, -0.15) is 5.10 Å². The Labute approximate surface area is 97.6 Å². The summed E-state index contributed by atoms with van der Waals surface area (Å²) in [5, 5.41) is 4.35. The molecule has 0 aliphatic rings. The third-order valence-electron chi connectivity index (χ3n) is 2.31. The number of aromatic nitrogens is 2. The van der Waals surface area contributed by atoms with Crippen LogP contribution in [-0.2, 0) is 6.54 Å². The molecule has 2 rings (SSSR count). The first-order valence-electron chi connectivity index (χ1n) is 4.90. The Kier molecular flexibility index (Phi) is 2.83. The van der Waals surface area contributed by atoms with Gasteiger partial charge < -0.3 is 5.73 Å². The predicted molar refractivity (Wildman–Crippen MR) is 62.7 cm³/mol. The van der Waals surface area contributed by atoms with Gasteiger partial charge in [0.15, 0.2) is 0 Å². The van der Waals surface area contributed by atoms with Crippen LogP contribution in [-0.4, -0.2) is 9.78 Å². The minimum Gasteiger partial charge on any atom is -0.396 e. The van der Waals surface area contributed by atoms with Crippen molar-refractivity contribution in [3.63, 3.8) is 0 Å². The van der Waals surface area contributed by atoms with E-state index in [2.05, 4.69) is 5.10 Å². The summed E-state index contributed by atoms with van der Waals surface area (Å²) in [6.45, 7) is 2.70. The minimum absolute atomic E-state index is 0.0722. The maximum Gasteiger partial charge on any atom is 0.141 e. The number of nitrogens with two attached hydrogens (primary N) is 1. The van der Waals surface area contributed by atoms with Gasteiger partial charge in [0.05, 0.1) is 10.7 Å². The van der Waals surface area contributed by atoms with Gasteiger partial charge in [-0.15, -0.1) is 0 Å². The molecule has 0 aliphatic heterocycles. The number of nitrogens with zero attached hydrogens (tertiary/aromatic N) is 2. The number of halogens is 2. The van der Waals surface area contributed by atoms with Gasteiger partial charge in [-0.25, -0.2) is 4.39 Å². The summed E-state index contributed by atoms with van der Waals surface area (Å²) in [7, 11) is 0. The fraction of sp³-hybridized carbons (Fsp3) is 0.182. The summed E-state index contributed by atoms with van der Waals surface area (Å²) >= 11 is 5.71.